The molecular weight excluding hydrogens is 238 g/mol. The molecule has 0 aromatic carbocycles. The lowest BCUT2D eigenvalue weighted by Gasteiger charge is -2.02. The molecule has 0 unspecified atom stereocenters. The van der Waals surface area contributed by atoms with E-state index in [4.69, 9.17) is 0 Å². The minimum atomic E-state index is -3.94. The van der Waals surface area contributed by atoms with E-state index in [1.54, 1.807) is 0 Å². The highest BCUT2D eigenvalue weighted by Gasteiger charge is 1.92. The smallest absolute Gasteiger partial charge is 0.171 e. The Bertz CT molecular complexity index is 416. The average Bonchev–Trinajstić information content (AvgIpc) is 2.26. The summed E-state index contributed by atoms with van der Waals surface area (Å²) >= 11 is 0. The maximum atomic E-state index is 9.83. The maximum absolute atomic E-state index is 9.83. The summed E-state index contributed by atoms with van der Waals surface area (Å²) in [6, 6.07) is 4.17. The van der Waals surface area contributed by atoms with Gasteiger partial charge < -0.3 is 4.55 Å². The summed E-state index contributed by atoms with van der Waals surface area (Å²) in [6.45, 7) is 7.14. The molecule has 1 aromatic heterocycles. The van der Waals surface area contributed by atoms with Crippen LogP contribution in [-0.2, 0) is 16.7 Å². The Labute approximate surface area is 104 Å². The van der Waals surface area contributed by atoms with Gasteiger partial charge in [0.1, 0.15) is 6.54 Å². The molecule has 0 spiro atoms. The zero-order chi connectivity index (χ0) is 13.3. The van der Waals surface area contributed by atoms with Crippen molar-refractivity contribution in [3.63, 3.8) is 0 Å². The van der Waals surface area contributed by atoms with Gasteiger partial charge in [-0.3, -0.25) is 0 Å². The van der Waals surface area contributed by atoms with Gasteiger partial charge in [0.25, 0.3) is 0 Å². The van der Waals surface area contributed by atoms with Crippen LogP contribution in [0.5, 0.6) is 0 Å². The van der Waals surface area contributed by atoms with Crippen molar-refractivity contribution in [2.45, 2.75) is 40.2 Å². The molecule has 4 nitrogen and oxygen atoms in total. The second-order valence-corrected chi connectivity index (χ2v) is 5.35. The van der Waals surface area contributed by atoms with E-state index in [1.165, 1.54) is 5.56 Å². The van der Waals surface area contributed by atoms with Crippen LogP contribution in [0.2, 0.25) is 0 Å². The van der Waals surface area contributed by atoms with Crippen molar-refractivity contribution in [1.82, 2.24) is 0 Å². The summed E-state index contributed by atoms with van der Waals surface area (Å²) in [5.41, 5.74) is 1.32. The molecule has 1 heterocycles. The third-order valence-electron chi connectivity index (χ3n) is 2.12. The lowest BCUT2D eigenvalue weighted by Crippen LogP contribution is -2.30. The Kier molecular flexibility index (Phi) is 7.74. The lowest BCUT2D eigenvalue weighted by atomic mass is 10.3. The summed E-state index contributed by atoms with van der Waals surface area (Å²) < 4.78 is 31.7. The summed E-state index contributed by atoms with van der Waals surface area (Å²) in [4.78, 5) is 0. The molecular formula is C12H21NO3S. The molecule has 17 heavy (non-hydrogen) atoms. The Morgan fingerprint density at radius 3 is 2.29 bits per heavy atom. The zero-order valence-electron chi connectivity index (χ0n) is 10.7. The highest BCUT2D eigenvalue weighted by Crippen LogP contribution is 1.90. The molecule has 0 aliphatic heterocycles. The number of aromatic nitrogens is 1. The zero-order valence-corrected chi connectivity index (χ0v) is 11.5. The number of unbranched alkanes of at least 4 members (excludes halogenated alkanes) is 1. The molecule has 0 bridgehead atoms. The van der Waals surface area contributed by atoms with Crippen LogP contribution in [-0.4, -0.2) is 18.7 Å². The van der Waals surface area contributed by atoms with Gasteiger partial charge in [0.05, 0.1) is 10.1 Å². The van der Waals surface area contributed by atoms with E-state index >= 15 is 0 Å². The fraction of sp³-hybridized carbons (Fsp3) is 0.583. The summed E-state index contributed by atoms with van der Waals surface area (Å²) in [7, 11) is -3.94. The molecule has 0 radical (unpaired) electrons. The highest BCUT2D eigenvalue weighted by atomic mass is 32.2. The van der Waals surface area contributed by atoms with E-state index in [9.17, 15) is 13.0 Å². The van der Waals surface area contributed by atoms with Gasteiger partial charge in [-0.05, 0) is 26.3 Å². The Morgan fingerprint density at radius 2 is 2.00 bits per heavy atom. The van der Waals surface area contributed by atoms with Crippen LogP contribution in [0.4, 0.5) is 0 Å². The Morgan fingerprint density at radius 1 is 1.35 bits per heavy atom. The summed E-state index contributed by atoms with van der Waals surface area (Å²) in [6.07, 6.45) is 5.44. The van der Waals surface area contributed by atoms with Crippen LogP contribution in [0, 0.1) is 6.92 Å². The molecule has 0 amide bonds. The lowest BCUT2D eigenvalue weighted by molar-refractivity contribution is -0.693. The molecule has 0 saturated heterocycles. The van der Waals surface area contributed by atoms with Crippen molar-refractivity contribution < 1.29 is 17.5 Å². The summed E-state index contributed by atoms with van der Waals surface area (Å²) in [5.74, 6) is -0.219. The van der Waals surface area contributed by atoms with Gasteiger partial charge in [0.15, 0.2) is 12.4 Å². The van der Waals surface area contributed by atoms with Crippen molar-refractivity contribution in [1.29, 1.82) is 0 Å². The number of aryl methyl sites for hydroxylation is 2. The molecule has 1 rings (SSSR count). The third kappa shape index (κ3) is 9.96. The van der Waals surface area contributed by atoms with E-state index in [1.807, 2.05) is 6.92 Å². The predicted octanol–water partition coefficient (Wildman–Crippen LogP) is 1.63. The first kappa shape index (κ1) is 16.1. The Hall–Kier alpha value is -0.940. The molecule has 5 heteroatoms. The van der Waals surface area contributed by atoms with Gasteiger partial charge in [-0.25, -0.2) is 13.0 Å². The van der Waals surface area contributed by atoms with Crippen LogP contribution in [0.25, 0.3) is 0 Å². The van der Waals surface area contributed by atoms with Crippen LogP contribution in [0.3, 0.4) is 0 Å². The average molecular weight is 259 g/mol. The van der Waals surface area contributed by atoms with Crippen molar-refractivity contribution in [3.05, 3.63) is 30.1 Å². The summed E-state index contributed by atoms with van der Waals surface area (Å²) in [5, 5.41) is 0. The van der Waals surface area contributed by atoms with Crippen LogP contribution >= 0.6 is 0 Å². The van der Waals surface area contributed by atoms with Gasteiger partial charge >= 0.3 is 0 Å². The monoisotopic (exact) mass is 259 g/mol. The first-order valence-corrected chi connectivity index (χ1v) is 7.36. The topological polar surface area (TPSA) is 61.1 Å². The number of hydrogen-bond acceptors (Lipinski definition) is 3. The van der Waals surface area contributed by atoms with Gasteiger partial charge in [-0.1, -0.05) is 13.3 Å². The van der Waals surface area contributed by atoms with E-state index in [0.29, 0.717) is 6.42 Å². The SMILES string of the molecule is CCCCS(=O)(=O)[O-].CC[n+]1cccc(C)c1. The molecule has 0 saturated carbocycles. The maximum Gasteiger partial charge on any atom is 0.171 e. The van der Waals surface area contributed by atoms with Crippen molar-refractivity contribution in [2.24, 2.45) is 0 Å². The molecule has 0 fully saturated rings. The minimum Gasteiger partial charge on any atom is -0.748 e. The van der Waals surface area contributed by atoms with E-state index < -0.39 is 10.1 Å². The first-order chi connectivity index (χ1) is 7.89. The highest BCUT2D eigenvalue weighted by molar-refractivity contribution is 7.85. The normalized spacial score (nSPS) is 10.6. The number of hydrogen-bond donors (Lipinski definition) is 0. The standard InChI is InChI=1S/C8H12N.C4H10O3S/c1-3-9-6-4-5-8(2)7-9;1-2-3-4-8(5,6)7/h4-7H,3H2,1-2H3;2-4H2,1H3,(H,5,6,7)/q+1;/p-1. The first-order valence-electron chi connectivity index (χ1n) is 5.78. The second-order valence-electron chi connectivity index (χ2n) is 3.83. The molecule has 98 valence electrons. The van der Waals surface area contributed by atoms with Gasteiger partial charge in [-0.2, -0.15) is 0 Å². The quantitative estimate of drug-likeness (QED) is 0.610. The second kappa shape index (κ2) is 8.20. The van der Waals surface area contributed by atoms with Crippen LogP contribution < -0.4 is 4.57 Å². The van der Waals surface area contributed by atoms with Gasteiger partial charge in [0.2, 0.25) is 0 Å². The third-order valence-corrected chi connectivity index (χ3v) is 2.91. The molecule has 0 N–H and O–H groups in total. The number of rotatable bonds is 4. The van der Waals surface area contributed by atoms with Gasteiger partial charge in [0, 0.05) is 17.4 Å². The largest absolute Gasteiger partial charge is 0.748 e. The van der Waals surface area contributed by atoms with Crippen LogP contribution in [0.1, 0.15) is 32.3 Å². The van der Waals surface area contributed by atoms with E-state index in [2.05, 4.69) is 42.9 Å². The van der Waals surface area contributed by atoms with Crippen molar-refractivity contribution in [3.8, 4) is 0 Å². The van der Waals surface area contributed by atoms with Gasteiger partial charge in [-0.15, -0.1) is 0 Å². The molecule has 1 aromatic rings. The fourth-order valence-corrected chi connectivity index (χ4v) is 1.81. The van der Waals surface area contributed by atoms with Crippen molar-refractivity contribution in [2.75, 3.05) is 5.75 Å². The molecule has 0 atom stereocenters. The predicted molar refractivity (Wildman–Crippen MR) is 66.5 cm³/mol. The van der Waals surface area contributed by atoms with Crippen LogP contribution in [0.15, 0.2) is 24.5 Å². The number of nitrogens with zero attached hydrogens (tertiary/aromatic N) is 1. The number of pyridine rings is 1. The molecule has 0 aliphatic carbocycles. The fourth-order valence-electron chi connectivity index (χ4n) is 1.17. The molecule has 0 aliphatic rings. The van der Waals surface area contributed by atoms with E-state index in [-0.39, 0.29) is 5.75 Å². The Balaban J connectivity index is 0.000000304. The van der Waals surface area contributed by atoms with E-state index in [0.717, 1.165) is 13.0 Å². The minimum absolute atomic E-state index is 0.219. The van der Waals surface area contributed by atoms with Crippen molar-refractivity contribution >= 4 is 10.1 Å².